The molecule has 0 aromatic heterocycles. The van der Waals surface area contributed by atoms with Crippen molar-refractivity contribution in [2.75, 3.05) is 13.1 Å². The van der Waals surface area contributed by atoms with E-state index in [1.165, 1.54) is 0 Å². The van der Waals surface area contributed by atoms with Crippen molar-refractivity contribution in [3.05, 3.63) is 34.9 Å². The molecule has 1 aromatic carbocycles. The third kappa shape index (κ3) is 3.62. The van der Waals surface area contributed by atoms with E-state index in [4.69, 9.17) is 17.3 Å². The number of nitrogens with one attached hydrogen (secondary N) is 1. The van der Waals surface area contributed by atoms with E-state index in [1.54, 1.807) is 0 Å². The Balaban J connectivity index is 0.00000180. The van der Waals surface area contributed by atoms with Crippen LogP contribution < -0.4 is 11.1 Å². The first-order chi connectivity index (χ1) is 8.58. The highest BCUT2D eigenvalue weighted by Gasteiger charge is 2.51. The first-order valence-electron chi connectivity index (χ1n) is 6.33. The maximum atomic E-state index is 12.2. The van der Waals surface area contributed by atoms with Crippen LogP contribution in [0.1, 0.15) is 25.3 Å². The Bertz CT molecular complexity index is 430. The maximum absolute atomic E-state index is 12.2. The molecule has 0 bridgehead atoms. The van der Waals surface area contributed by atoms with Crippen LogP contribution in [0.5, 0.6) is 0 Å². The van der Waals surface area contributed by atoms with Crippen molar-refractivity contribution in [2.24, 2.45) is 11.7 Å². The smallest absolute Gasteiger partial charge is 0.230 e. The van der Waals surface area contributed by atoms with Gasteiger partial charge in [0.2, 0.25) is 5.91 Å². The number of hydrogen-bond acceptors (Lipinski definition) is 2. The van der Waals surface area contributed by atoms with Gasteiger partial charge in [0.25, 0.3) is 0 Å². The Kier molecular flexibility index (Phi) is 5.65. The number of carbonyl (C=O) groups is 1. The molecule has 1 aliphatic rings. The Morgan fingerprint density at radius 2 is 2.00 bits per heavy atom. The summed E-state index contributed by atoms with van der Waals surface area (Å²) in [5.74, 6) is 0.431. The predicted molar refractivity (Wildman–Crippen MR) is 80.8 cm³/mol. The first-order valence-corrected chi connectivity index (χ1v) is 6.71. The van der Waals surface area contributed by atoms with Gasteiger partial charge in [-0.25, -0.2) is 0 Å². The van der Waals surface area contributed by atoms with Gasteiger partial charge in [-0.05, 0) is 43.0 Å². The standard InChI is InChI=1S/C14H19ClN2O.ClH/c1-10(8-16)9-17-13(18)14(6-7-14)11-2-4-12(15)5-3-11;/h2-5,10H,6-9,16H2,1H3,(H,17,18);1H. The normalized spacial score (nSPS) is 17.2. The van der Waals surface area contributed by atoms with Crippen LogP contribution in [0.2, 0.25) is 5.02 Å². The zero-order valence-electron chi connectivity index (χ0n) is 11.0. The molecule has 106 valence electrons. The molecule has 5 heteroatoms. The lowest BCUT2D eigenvalue weighted by molar-refractivity contribution is -0.123. The Morgan fingerprint density at radius 1 is 1.42 bits per heavy atom. The van der Waals surface area contributed by atoms with Gasteiger partial charge in [-0.3, -0.25) is 4.79 Å². The first kappa shape index (κ1) is 16.3. The summed E-state index contributed by atoms with van der Waals surface area (Å²) in [6.45, 7) is 3.26. The molecule has 1 saturated carbocycles. The van der Waals surface area contributed by atoms with E-state index in [-0.39, 0.29) is 23.7 Å². The molecule has 0 aliphatic heterocycles. The van der Waals surface area contributed by atoms with Gasteiger partial charge in [-0.1, -0.05) is 30.7 Å². The van der Waals surface area contributed by atoms with Gasteiger partial charge in [-0.2, -0.15) is 0 Å². The van der Waals surface area contributed by atoms with Crippen molar-refractivity contribution in [1.82, 2.24) is 5.32 Å². The van der Waals surface area contributed by atoms with Gasteiger partial charge in [0, 0.05) is 11.6 Å². The largest absolute Gasteiger partial charge is 0.355 e. The molecule has 0 radical (unpaired) electrons. The van der Waals surface area contributed by atoms with Crippen LogP contribution >= 0.6 is 24.0 Å². The lowest BCUT2D eigenvalue weighted by Gasteiger charge is -2.17. The average molecular weight is 303 g/mol. The van der Waals surface area contributed by atoms with Crippen molar-refractivity contribution in [1.29, 1.82) is 0 Å². The fraction of sp³-hybridized carbons (Fsp3) is 0.500. The lowest BCUT2D eigenvalue weighted by Crippen LogP contribution is -2.38. The van der Waals surface area contributed by atoms with Crippen molar-refractivity contribution in [3.63, 3.8) is 0 Å². The Morgan fingerprint density at radius 3 is 2.47 bits per heavy atom. The van der Waals surface area contributed by atoms with Gasteiger partial charge < -0.3 is 11.1 Å². The minimum Gasteiger partial charge on any atom is -0.355 e. The van der Waals surface area contributed by atoms with Crippen molar-refractivity contribution >= 4 is 29.9 Å². The second-order valence-corrected chi connectivity index (χ2v) is 5.58. The van der Waals surface area contributed by atoms with Gasteiger partial charge in [-0.15, -0.1) is 12.4 Å². The molecule has 1 aliphatic carbocycles. The molecule has 2 rings (SSSR count). The highest BCUT2D eigenvalue weighted by molar-refractivity contribution is 6.30. The summed E-state index contributed by atoms with van der Waals surface area (Å²) in [7, 11) is 0. The van der Waals surface area contributed by atoms with Gasteiger partial charge in [0.05, 0.1) is 5.41 Å². The number of rotatable bonds is 5. The van der Waals surface area contributed by atoms with Crippen LogP contribution in [0, 0.1) is 5.92 Å². The zero-order chi connectivity index (χ0) is 13.2. The minimum atomic E-state index is -0.321. The third-order valence-corrected chi connectivity index (χ3v) is 3.85. The molecule has 19 heavy (non-hydrogen) atoms. The van der Waals surface area contributed by atoms with E-state index in [0.29, 0.717) is 24.0 Å². The number of benzene rings is 1. The monoisotopic (exact) mass is 302 g/mol. The molecule has 1 unspecified atom stereocenters. The van der Waals surface area contributed by atoms with Gasteiger partial charge in [0.15, 0.2) is 0 Å². The highest BCUT2D eigenvalue weighted by Crippen LogP contribution is 2.48. The van der Waals surface area contributed by atoms with Crippen molar-refractivity contribution in [2.45, 2.75) is 25.2 Å². The van der Waals surface area contributed by atoms with E-state index in [2.05, 4.69) is 5.32 Å². The van der Waals surface area contributed by atoms with Crippen LogP contribution in [-0.4, -0.2) is 19.0 Å². The van der Waals surface area contributed by atoms with Crippen LogP contribution in [0.3, 0.4) is 0 Å². The van der Waals surface area contributed by atoms with Gasteiger partial charge in [0.1, 0.15) is 0 Å². The molecular weight excluding hydrogens is 283 g/mol. The molecular formula is C14H20Cl2N2O. The van der Waals surface area contributed by atoms with Crippen molar-refractivity contribution < 1.29 is 4.79 Å². The highest BCUT2D eigenvalue weighted by atomic mass is 35.5. The predicted octanol–water partition coefficient (Wildman–Crippen LogP) is 2.50. The fourth-order valence-electron chi connectivity index (χ4n) is 2.06. The number of amides is 1. The summed E-state index contributed by atoms with van der Waals surface area (Å²) in [5.41, 5.74) is 6.28. The number of halogens is 2. The summed E-state index contributed by atoms with van der Waals surface area (Å²) in [6.07, 6.45) is 1.83. The molecule has 1 aromatic rings. The van der Waals surface area contributed by atoms with Crippen LogP contribution in [0.15, 0.2) is 24.3 Å². The number of carbonyl (C=O) groups excluding carboxylic acids is 1. The number of hydrogen-bond donors (Lipinski definition) is 2. The summed E-state index contributed by atoms with van der Waals surface area (Å²) >= 11 is 5.87. The Hall–Kier alpha value is -0.770. The molecule has 0 spiro atoms. The molecule has 3 nitrogen and oxygen atoms in total. The zero-order valence-corrected chi connectivity index (χ0v) is 12.6. The molecule has 1 atom stereocenters. The second-order valence-electron chi connectivity index (χ2n) is 5.14. The quantitative estimate of drug-likeness (QED) is 0.878. The van der Waals surface area contributed by atoms with Gasteiger partial charge >= 0.3 is 0 Å². The van der Waals surface area contributed by atoms with E-state index in [1.807, 2.05) is 31.2 Å². The SMILES string of the molecule is CC(CN)CNC(=O)C1(c2ccc(Cl)cc2)CC1.Cl. The molecule has 1 fully saturated rings. The molecule has 0 heterocycles. The van der Waals surface area contributed by atoms with Crippen LogP contribution in [0.25, 0.3) is 0 Å². The summed E-state index contributed by atoms with van der Waals surface area (Å²) in [6, 6.07) is 7.57. The van der Waals surface area contributed by atoms with Crippen molar-refractivity contribution in [3.8, 4) is 0 Å². The van der Waals surface area contributed by atoms with Crippen LogP contribution in [0.4, 0.5) is 0 Å². The molecule has 1 amide bonds. The third-order valence-electron chi connectivity index (χ3n) is 3.59. The van der Waals surface area contributed by atoms with E-state index in [9.17, 15) is 4.79 Å². The van der Waals surface area contributed by atoms with E-state index < -0.39 is 0 Å². The minimum absolute atomic E-state index is 0. The summed E-state index contributed by atoms with van der Waals surface area (Å²) in [4.78, 5) is 12.2. The fourth-order valence-corrected chi connectivity index (χ4v) is 2.19. The van der Waals surface area contributed by atoms with Crippen LogP contribution in [-0.2, 0) is 10.2 Å². The lowest BCUT2D eigenvalue weighted by atomic mass is 9.95. The van der Waals surface area contributed by atoms with E-state index >= 15 is 0 Å². The molecule has 0 saturated heterocycles. The number of nitrogens with two attached hydrogens (primary N) is 1. The molecule has 3 N–H and O–H groups in total. The van der Waals surface area contributed by atoms with E-state index in [0.717, 1.165) is 18.4 Å². The summed E-state index contributed by atoms with van der Waals surface area (Å²) in [5, 5.41) is 3.70. The topological polar surface area (TPSA) is 55.1 Å². The maximum Gasteiger partial charge on any atom is 0.230 e. The average Bonchev–Trinajstić information content (AvgIpc) is 3.17. The second kappa shape index (κ2) is 6.60. The summed E-state index contributed by atoms with van der Waals surface area (Å²) < 4.78 is 0. The Labute approximate surface area is 125 Å².